The number of unbranched alkanes of at least 4 members (excludes halogenated alkanes) is 9. The molecule has 0 saturated heterocycles. The zero-order valence-corrected chi connectivity index (χ0v) is 21.0. The summed E-state index contributed by atoms with van der Waals surface area (Å²) in [6.07, 6.45) is 15.0. The van der Waals surface area contributed by atoms with Gasteiger partial charge >= 0.3 is 0 Å². The van der Waals surface area contributed by atoms with Crippen LogP contribution in [0.4, 0.5) is 0 Å². The number of nitrogens with two attached hydrogens (primary N) is 1. The first kappa shape index (κ1) is 30.8. The third kappa shape index (κ3) is 15.1. The molecular formula is C22H42Cl2N3OS-. The van der Waals surface area contributed by atoms with E-state index in [2.05, 4.69) is 35.8 Å². The molecule has 7 heteroatoms. The minimum atomic E-state index is 0. The van der Waals surface area contributed by atoms with Crippen LogP contribution < -0.4 is 35.1 Å². The molecule has 1 aromatic rings. The number of hydrogen-bond donors (Lipinski definition) is 2. The van der Waals surface area contributed by atoms with Crippen molar-refractivity contribution in [1.82, 2.24) is 0 Å². The Kier molecular flexibility index (Phi) is 20.8. The fourth-order valence-electron chi connectivity index (χ4n) is 3.41. The number of nitrogens with zero attached hydrogens (tertiary/aromatic N) is 2. The van der Waals surface area contributed by atoms with Gasteiger partial charge in [0.2, 0.25) is 5.51 Å². The van der Waals surface area contributed by atoms with Crippen molar-refractivity contribution in [2.24, 2.45) is 10.7 Å². The molecule has 0 aliphatic rings. The number of amidine groups is 1. The maximum Gasteiger partial charge on any atom is 0.225 e. The second-order valence-electron chi connectivity index (χ2n) is 7.90. The zero-order valence-electron chi connectivity index (χ0n) is 18.6. The molecule has 0 radical (unpaired) electrons. The van der Waals surface area contributed by atoms with Gasteiger partial charge in [-0.1, -0.05) is 56.3 Å². The van der Waals surface area contributed by atoms with Crippen molar-refractivity contribution in [3.63, 3.8) is 0 Å². The average molecular weight is 468 g/mol. The molecule has 3 N–H and O–H groups in total. The SMILES string of the molecule is Cc1c(CCO)sc[n+]1CCCCCCCCCCCCC(N)=NC(C)C.[Cl-].[Cl-]. The topological polar surface area (TPSA) is 62.5 Å². The third-order valence-corrected chi connectivity index (χ3v) is 6.15. The first-order valence-electron chi connectivity index (χ1n) is 10.9. The maximum absolute atomic E-state index is 9.07. The standard InChI is InChI=1S/C22H42N3OS.2ClH/c1-19(2)24-22(23)14-12-10-8-6-4-5-7-9-11-13-16-25-18-27-21(15-17-26)20(25)3;;/h18-19,26H,4-17H2,1-3H3,(H2,23,24);2*1H/q+1;;/p-2. The largest absolute Gasteiger partial charge is 1.00 e. The van der Waals surface area contributed by atoms with E-state index < -0.39 is 0 Å². The smallest absolute Gasteiger partial charge is 0.225 e. The maximum atomic E-state index is 9.07. The summed E-state index contributed by atoms with van der Waals surface area (Å²) >= 11 is 1.78. The van der Waals surface area contributed by atoms with E-state index in [1.165, 1.54) is 74.8 Å². The Morgan fingerprint density at radius 1 is 1.00 bits per heavy atom. The monoisotopic (exact) mass is 466 g/mol. The molecule has 29 heavy (non-hydrogen) atoms. The van der Waals surface area contributed by atoms with Crippen molar-refractivity contribution in [1.29, 1.82) is 0 Å². The molecule has 0 saturated carbocycles. The third-order valence-electron chi connectivity index (χ3n) is 5.00. The molecule has 0 spiro atoms. The number of rotatable bonds is 16. The fraction of sp³-hybridized carbons (Fsp3) is 0.818. The molecule has 0 amide bonds. The summed E-state index contributed by atoms with van der Waals surface area (Å²) < 4.78 is 2.36. The molecule has 1 aromatic heterocycles. The molecule has 0 atom stereocenters. The van der Waals surface area contributed by atoms with Crippen LogP contribution in [0.3, 0.4) is 0 Å². The molecule has 172 valence electrons. The number of aliphatic hydroxyl groups excluding tert-OH is 1. The Balaban J connectivity index is 0. The summed E-state index contributed by atoms with van der Waals surface area (Å²) in [6, 6.07) is 0.321. The van der Waals surface area contributed by atoms with Crippen LogP contribution in [0, 0.1) is 6.92 Å². The van der Waals surface area contributed by atoms with E-state index in [0.717, 1.165) is 25.2 Å². The highest BCUT2D eigenvalue weighted by molar-refractivity contribution is 7.09. The van der Waals surface area contributed by atoms with Crippen LogP contribution in [0.25, 0.3) is 0 Å². The van der Waals surface area contributed by atoms with Crippen LogP contribution in [0.2, 0.25) is 0 Å². The minimum absolute atomic E-state index is 0. The quantitative estimate of drug-likeness (QED) is 0.141. The highest BCUT2D eigenvalue weighted by atomic mass is 35.5. The molecule has 0 aliphatic carbocycles. The van der Waals surface area contributed by atoms with Gasteiger partial charge in [-0.3, -0.25) is 4.99 Å². The van der Waals surface area contributed by atoms with Gasteiger partial charge in [-0.05, 0) is 26.7 Å². The van der Waals surface area contributed by atoms with Gasteiger partial charge in [-0.2, -0.15) is 4.57 Å². The average Bonchev–Trinajstić information content (AvgIpc) is 2.96. The molecule has 0 fully saturated rings. The van der Waals surface area contributed by atoms with Crippen LogP contribution in [-0.4, -0.2) is 23.6 Å². The summed E-state index contributed by atoms with van der Waals surface area (Å²) in [7, 11) is 0. The highest BCUT2D eigenvalue weighted by Crippen LogP contribution is 2.13. The van der Waals surface area contributed by atoms with Crippen LogP contribution in [0.15, 0.2) is 10.5 Å². The summed E-state index contributed by atoms with van der Waals surface area (Å²) in [6.45, 7) is 7.69. The van der Waals surface area contributed by atoms with Crippen molar-refractivity contribution in [2.75, 3.05) is 6.61 Å². The second-order valence-corrected chi connectivity index (χ2v) is 8.84. The Morgan fingerprint density at radius 2 is 1.52 bits per heavy atom. The minimum Gasteiger partial charge on any atom is -1.00 e. The van der Waals surface area contributed by atoms with E-state index in [0.29, 0.717) is 6.04 Å². The summed E-state index contributed by atoms with van der Waals surface area (Å²) in [5.41, 5.74) is 9.44. The van der Waals surface area contributed by atoms with Gasteiger partial charge in [0, 0.05) is 38.8 Å². The van der Waals surface area contributed by atoms with E-state index in [4.69, 9.17) is 10.8 Å². The molecule has 0 bridgehead atoms. The summed E-state index contributed by atoms with van der Waals surface area (Å²) in [5.74, 6) is 0.824. The Hall–Kier alpha value is -0.360. The van der Waals surface area contributed by atoms with E-state index in [9.17, 15) is 0 Å². The van der Waals surface area contributed by atoms with E-state index in [-0.39, 0.29) is 31.4 Å². The molecule has 1 rings (SSSR count). The number of aliphatic hydroxyl groups is 1. The van der Waals surface area contributed by atoms with Crippen molar-refractivity contribution in [2.45, 2.75) is 110 Å². The second kappa shape index (κ2) is 19.6. The van der Waals surface area contributed by atoms with Crippen molar-refractivity contribution in [3.05, 3.63) is 16.1 Å². The van der Waals surface area contributed by atoms with Gasteiger partial charge in [-0.25, -0.2) is 0 Å². The first-order valence-corrected chi connectivity index (χ1v) is 11.8. The van der Waals surface area contributed by atoms with Gasteiger partial charge < -0.3 is 35.7 Å². The summed E-state index contributed by atoms with van der Waals surface area (Å²) in [5, 5.41) is 9.07. The number of thiazole rings is 1. The first-order chi connectivity index (χ1) is 13.0. The highest BCUT2D eigenvalue weighted by Gasteiger charge is 2.13. The molecule has 1 heterocycles. The van der Waals surface area contributed by atoms with Gasteiger partial charge in [-0.15, -0.1) is 0 Å². The van der Waals surface area contributed by atoms with Crippen LogP contribution in [0.5, 0.6) is 0 Å². The van der Waals surface area contributed by atoms with Crippen LogP contribution in [0.1, 0.15) is 95.0 Å². The normalized spacial score (nSPS) is 11.4. The van der Waals surface area contributed by atoms with Crippen LogP contribution in [-0.2, 0) is 13.0 Å². The lowest BCUT2D eigenvalue weighted by molar-refractivity contribution is -0.698. The van der Waals surface area contributed by atoms with Gasteiger partial charge in [0.1, 0.15) is 6.54 Å². The Morgan fingerprint density at radius 3 is 2.03 bits per heavy atom. The van der Waals surface area contributed by atoms with Gasteiger partial charge in [0.15, 0.2) is 5.69 Å². The summed E-state index contributed by atoms with van der Waals surface area (Å²) in [4.78, 5) is 5.70. The Bertz CT molecular complexity index is 536. The molecule has 0 aromatic carbocycles. The van der Waals surface area contributed by atoms with Crippen molar-refractivity contribution >= 4 is 17.2 Å². The van der Waals surface area contributed by atoms with Crippen molar-refractivity contribution < 1.29 is 34.5 Å². The predicted molar refractivity (Wildman–Crippen MR) is 118 cm³/mol. The molecule has 4 nitrogen and oxygen atoms in total. The van der Waals surface area contributed by atoms with Gasteiger partial charge in [0.05, 0.1) is 10.7 Å². The number of halogens is 2. The number of aromatic nitrogens is 1. The zero-order chi connectivity index (χ0) is 19.9. The predicted octanol–water partition coefficient (Wildman–Crippen LogP) is -1.06. The lowest BCUT2D eigenvalue weighted by atomic mass is 10.1. The number of aryl methyl sites for hydroxylation is 1. The van der Waals surface area contributed by atoms with E-state index in [1.807, 2.05) is 0 Å². The molecule has 0 aliphatic heterocycles. The lowest BCUT2D eigenvalue weighted by Crippen LogP contribution is -3.00. The van der Waals surface area contributed by atoms with Crippen LogP contribution >= 0.6 is 11.3 Å². The van der Waals surface area contributed by atoms with E-state index >= 15 is 0 Å². The van der Waals surface area contributed by atoms with Crippen molar-refractivity contribution in [3.8, 4) is 0 Å². The number of hydrogen-bond acceptors (Lipinski definition) is 3. The molecular weight excluding hydrogens is 425 g/mol. The number of aliphatic imine (C=N–C) groups is 1. The fourth-order valence-corrected chi connectivity index (χ4v) is 4.43. The lowest BCUT2D eigenvalue weighted by Gasteiger charge is -2.04. The Labute approximate surface area is 195 Å². The van der Waals surface area contributed by atoms with Gasteiger partial charge in [0.25, 0.3) is 0 Å². The molecule has 0 unspecified atom stereocenters. The van der Waals surface area contributed by atoms with E-state index in [1.54, 1.807) is 11.3 Å².